The lowest BCUT2D eigenvalue weighted by Crippen LogP contribution is -2.13. The molecule has 0 saturated carbocycles. The first-order valence-electron chi connectivity index (χ1n) is 5.76. The molecule has 0 unspecified atom stereocenters. The fourth-order valence-electron chi connectivity index (χ4n) is 1.66. The highest BCUT2D eigenvalue weighted by Crippen LogP contribution is 2.32. The zero-order chi connectivity index (χ0) is 12.8. The minimum Gasteiger partial charge on any atom is -0.378 e. The molecule has 1 aromatic carbocycles. The lowest BCUT2D eigenvalue weighted by molar-refractivity contribution is -0.383. The zero-order valence-electron chi connectivity index (χ0n) is 10.1. The van der Waals surface area contributed by atoms with Gasteiger partial charge in [-0.3, -0.25) is 10.1 Å². The van der Waals surface area contributed by atoms with Gasteiger partial charge >= 0.3 is 0 Å². The minimum atomic E-state index is -0.416. The second-order valence-electron chi connectivity index (χ2n) is 3.95. The van der Waals surface area contributed by atoms with Crippen molar-refractivity contribution in [3.63, 3.8) is 0 Å². The average molecular weight is 257 g/mol. The van der Waals surface area contributed by atoms with E-state index in [9.17, 15) is 10.1 Å². The van der Waals surface area contributed by atoms with Crippen molar-refractivity contribution in [2.45, 2.75) is 26.7 Å². The van der Waals surface area contributed by atoms with Gasteiger partial charge < -0.3 is 5.32 Å². The van der Waals surface area contributed by atoms with Crippen molar-refractivity contribution in [2.75, 3.05) is 11.9 Å². The van der Waals surface area contributed by atoms with Crippen molar-refractivity contribution in [1.82, 2.24) is 0 Å². The van der Waals surface area contributed by atoms with E-state index in [4.69, 9.17) is 11.6 Å². The highest BCUT2D eigenvalue weighted by atomic mass is 35.5. The smallest absolute Gasteiger partial charge is 0.293 e. The second-order valence-corrected chi connectivity index (χ2v) is 4.36. The number of anilines is 1. The maximum absolute atomic E-state index is 10.9. The van der Waals surface area contributed by atoms with E-state index in [1.807, 2.05) is 0 Å². The lowest BCUT2D eigenvalue weighted by Gasteiger charge is -2.15. The van der Waals surface area contributed by atoms with Gasteiger partial charge in [0, 0.05) is 12.6 Å². The molecule has 0 aliphatic heterocycles. The summed E-state index contributed by atoms with van der Waals surface area (Å²) in [7, 11) is 0. The van der Waals surface area contributed by atoms with Gasteiger partial charge in [0.15, 0.2) is 0 Å². The molecule has 4 nitrogen and oxygen atoms in total. The van der Waals surface area contributed by atoms with E-state index in [-0.39, 0.29) is 5.69 Å². The maximum atomic E-state index is 10.9. The van der Waals surface area contributed by atoms with Gasteiger partial charge in [-0.15, -0.1) is 0 Å². The first-order valence-corrected chi connectivity index (χ1v) is 6.14. The molecule has 17 heavy (non-hydrogen) atoms. The number of para-hydroxylation sites is 1. The van der Waals surface area contributed by atoms with Gasteiger partial charge in [-0.25, -0.2) is 0 Å². The number of benzene rings is 1. The normalized spacial score (nSPS) is 10.6. The number of nitrogens with zero attached hydrogens (tertiary/aromatic N) is 1. The summed E-state index contributed by atoms with van der Waals surface area (Å²) in [6, 6.07) is 4.70. The van der Waals surface area contributed by atoms with Crippen LogP contribution in [0.25, 0.3) is 0 Å². The number of nitrogens with one attached hydrogen (secondary N) is 1. The number of halogens is 1. The Morgan fingerprint density at radius 3 is 2.59 bits per heavy atom. The summed E-state index contributed by atoms with van der Waals surface area (Å²) in [4.78, 5) is 10.4. The number of nitro groups is 1. The fraction of sp³-hybridized carbons (Fsp3) is 0.500. The molecule has 1 rings (SSSR count). The van der Waals surface area contributed by atoms with Crippen LogP contribution in [0.2, 0.25) is 5.02 Å². The number of hydrogen-bond donors (Lipinski definition) is 1. The van der Waals surface area contributed by atoms with Crippen LogP contribution in [-0.2, 0) is 0 Å². The van der Waals surface area contributed by atoms with Gasteiger partial charge in [0.2, 0.25) is 0 Å². The van der Waals surface area contributed by atoms with Crippen molar-refractivity contribution in [2.24, 2.45) is 5.92 Å². The third-order valence-electron chi connectivity index (χ3n) is 2.91. The van der Waals surface area contributed by atoms with E-state index in [0.29, 0.717) is 23.2 Å². The number of rotatable bonds is 6. The molecule has 94 valence electrons. The highest BCUT2D eigenvalue weighted by molar-refractivity contribution is 6.33. The Balaban J connectivity index is 2.85. The molecular weight excluding hydrogens is 240 g/mol. The SMILES string of the molecule is CCC(CC)CNc1c(Cl)cccc1[N+](=O)[O-]. The van der Waals surface area contributed by atoms with Crippen LogP contribution in [0.1, 0.15) is 26.7 Å². The zero-order valence-corrected chi connectivity index (χ0v) is 10.8. The first-order chi connectivity index (χ1) is 8.10. The van der Waals surface area contributed by atoms with E-state index < -0.39 is 4.92 Å². The summed E-state index contributed by atoms with van der Waals surface area (Å²) >= 11 is 5.98. The molecule has 0 heterocycles. The largest absolute Gasteiger partial charge is 0.378 e. The van der Waals surface area contributed by atoms with Crippen LogP contribution in [0.3, 0.4) is 0 Å². The van der Waals surface area contributed by atoms with E-state index in [1.54, 1.807) is 12.1 Å². The first kappa shape index (κ1) is 13.8. The van der Waals surface area contributed by atoms with E-state index in [2.05, 4.69) is 19.2 Å². The molecule has 0 saturated heterocycles. The molecule has 0 aromatic heterocycles. The number of nitro benzene ring substituents is 1. The van der Waals surface area contributed by atoms with Crippen LogP contribution in [0.15, 0.2) is 18.2 Å². The third kappa shape index (κ3) is 3.60. The van der Waals surface area contributed by atoms with Gasteiger partial charge in [-0.05, 0) is 12.0 Å². The standard InChI is InChI=1S/C12H17ClN2O2/c1-3-9(4-2)8-14-12-10(13)6-5-7-11(12)15(16)17/h5-7,9,14H,3-4,8H2,1-2H3. The Bertz CT molecular complexity index is 392. The predicted octanol–water partition coefficient (Wildman–Crippen LogP) is 4.10. The molecule has 5 heteroatoms. The summed E-state index contributed by atoms with van der Waals surface area (Å²) in [6.07, 6.45) is 2.09. The van der Waals surface area contributed by atoms with E-state index >= 15 is 0 Å². The number of hydrogen-bond acceptors (Lipinski definition) is 3. The van der Waals surface area contributed by atoms with Crippen molar-refractivity contribution in [3.05, 3.63) is 33.3 Å². The molecule has 0 aliphatic carbocycles. The lowest BCUT2D eigenvalue weighted by atomic mass is 10.0. The van der Waals surface area contributed by atoms with Gasteiger partial charge in [0.25, 0.3) is 5.69 Å². The van der Waals surface area contributed by atoms with Crippen LogP contribution in [0.5, 0.6) is 0 Å². The summed E-state index contributed by atoms with van der Waals surface area (Å²) in [5.41, 5.74) is 0.453. The van der Waals surface area contributed by atoms with Crippen molar-refractivity contribution >= 4 is 23.0 Å². The summed E-state index contributed by atoms with van der Waals surface area (Å²) in [6.45, 7) is 4.92. The van der Waals surface area contributed by atoms with Crippen LogP contribution < -0.4 is 5.32 Å². The average Bonchev–Trinajstić information content (AvgIpc) is 2.31. The van der Waals surface area contributed by atoms with Crippen LogP contribution >= 0.6 is 11.6 Å². The van der Waals surface area contributed by atoms with Crippen LogP contribution in [0, 0.1) is 16.0 Å². The second kappa shape index (κ2) is 6.45. The molecule has 0 bridgehead atoms. The topological polar surface area (TPSA) is 55.2 Å². The maximum Gasteiger partial charge on any atom is 0.293 e. The van der Waals surface area contributed by atoms with Crippen LogP contribution in [-0.4, -0.2) is 11.5 Å². The summed E-state index contributed by atoms with van der Waals surface area (Å²) in [5.74, 6) is 0.505. The minimum absolute atomic E-state index is 0.0310. The van der Waals surface area contributed by atoms with E-state index in [0.717, 1.165) is 12.8 Å². The van der Waals surface area contributed by atoms with Crippen molar-refractivity contribution in [3.8, 4) is 0 Å². The van der Waals surface area contributed by atoms with Crippen molar-refractivity contribution < 1.29 is 4.92 Å². The van der Waals surface area contributed by atoms with Gasteiger partial charge in [0.1, 0.15) is 5.69 Å². The quantitative estimate of drug-likeness (QED) is 0.616. The molecule has 1 N–H and O–H groups in total. The summed E-state index contributed by atoms with van der Waals surface area (Å²) < 4.78 is 0. The third-order valence-corrected chi connectivity index (χ3v) is 3.23. The molecule has 0 radical (unpaired) electrons. The molecule has 0 atom stereocenters. The van der Waals surface area contributed by atoms with Crippen LogP contribution in [0.4, 0.5) is 11.4 Å². The summed E-state index contributed by atoms with van der Waals surface area (Å²) in [5, 5.41) is 14.3. The Hall–Kier alpha value is -1.29. The Morgan fingerprint density at radius 2 is 2.06 bits per heavy atom. The Morgan fingerprint density at radius 1 is 1.41 bits per heavy atom. The van der Waals surface area contributed by atoms with Gasteiger partial charge in [-0.1, -0.05) is 44.4 Å². The molecule has 0 fully saturated rings. The molecular formula is C12H17ClN2O2. The monoisotopic (exact) mass is 256 g/mol. The Kier molecular flexibility index (Phi) is 5.22. The molecule has 1 aromatic rings. The molecule has 0 amide bonds. The van der Waals surface area contributed by atoms with E-state index in [1.165, 1.54) is 6.07 Å². The Labute approximate surface area is 106 Å². The highest BCUT2D eigenvalue weighted by Gasteiger charge is 2.16. The predicted molar refractivity (Wildman–Crippen MR) is 70.7 cm³/mol. The van der Waals surface area contributed by atoms with Gasteiger partial charge in [0.05, 0.1) is 9.95 Å². The molecule has 0 aliphatic rings. The van der Waals surface area contributed by atoms with Crippen molar-refractivity contribution in [1.29, 1.82) is 0 Å². The molecule has 0 spiro atoms. The van der Waals surface area contributed by atoms with Gasteiger partial charge in [-0.2, -0.15) is 0 Å². The fourth-order valence-corrected chi connectivity index (χ4v) is 1.90.